The van der Waals surface area contributed by atoms with E-state index in [1.807, 2.05) is 34.1 Å². The second-order valence-electron chi connectivity index (χ2n) is 9.27. The van der Waals surface area contributed by atoms with Crippen LogP contribution in [0.3, 0.4) is 0 Å². The van der Waals surface area contributed by atoms with Crippen LogP contribution in [0.5, 0.6) is 5.75 Å². The normalized spacial score (nSPS) is 20.8. The van der Waals surface area contributed by atoms with E-state index in [0.717, 1.165) is 58.2 Å². The van der Waals surface area contributed by atoms with Gasteiger partial charge < -0.3 is 14.5 Å². The first kappa shape index (κ1) is 23.1. The summed E-state index contributed by atoms with van der Waals surface area (Å²) in [6, 6.07) is 8.29. The highest BCUT2D eigenvalue weighted by molar-refractivity contribution is 5.97. The Morgan fingerprint density at radius 3 is 2.28 bits per heavy atom. The first-order valence-corrected chi connectivity index (χ1v) is 12.4. The number of ether oxygens (including phenoxy) is 1. The zero-order valence-electron chi connectivity index (χ0n) is 19.5. The van der Waals surface area contributed by atoms with Crippen molar-refractivity contribution in [2.45, 2.75) is 45.1 Å². The lowest BCUT2D eigenvalue weighted by atomic mass is 9.91. The molecule has 0 radical (unpaired) electrons. The molecule has 3 fully saturated rings. The van der Waals surface area contributed by atoms with E-state index in [9.17, 15) is 9.59 Å². The monoisotopic (exact) mass is 442 g/mol. The van der Waals surface area contributed by atoms with Crippen molar-refractivity contribution in [3.8, 4) is 5.75 Å². The van der Waals surface area contributed by atoms with Crippen LogP contribution in [-0.2, 0) is 4.79 Å². The molecule has 2 saturated heterocycles. The summed E-state index contributed by atoms with van der Waals surface area (Å²) in [7, 11) is 0. The lowest BCUT2D eigenvalue weighted by Crippen LogP contribution is -2.56. The molecule has 7 heteroatoms. The van der Waals surface area contributed by atoms with Crippen molar-refractivity contribution >= 4 is 11.8 Å². The van der Waals surface area contributed by atoms with Crippen molar-refractivity contribution in [1.82, 2.24) is 19.6 Å². The van der Waals surface area contributed by atoms with Gasteiger partial charge in [0.2, 0.25) is 5.91 Å². The number of piperazine rings is 2. The van der Waals surface area contributed by atoms with Crippen LogP contribution in [0, 0.1) is 0 Å². The number of amides is 2. The van der Waals surface area contributed by atoms with Crippen LogP contribution in [0.1, 0.15) is 49.4 Å². The van der Waals surface area contributed by atoms with Gasteiger partial charge in [-0.25, -0.2) is 0 Å². The largest absolute Gasteiger partial charge is 0.493 e. The summed E-state index contributed by atoms with van der Waals surface area (Å²) in [5.74, 6) is 0.924. The Bertz CT molecular complexity index is 766. The highest BCUT2D eigenvalue weighted by atomic mass is 16.5. The molecule has 1 aromatic carbocycles. The minimum atomic E-state index is 0.0233. The van der Waals surface area contributed by atoms with Gasteiger partial charge in [0.25, 0.3) is 5.91 Å². The molecule has 7 nitrogen and oxygen atoms in total. The molecule has 1 aliphatic carbocycles. The number of carbonyl (C=O) groups excluding carboxylic acids is 2. The van der Waals surface area contributed by atoms with Crippen molar-refractivity contribution in [2.75, 3.05) is 65.5 Å². The number of unbranched alkanes of at least 4 members (excludes halogenated alkanes) is 1. The number of hydrogen-bond donors (Lipinski definition) is 0. The van der Waals surface area contributed by atoms with Crippen molar-refractivity contribution in [2.24, 2.45) is 0 Å². The summed E-state index contributed by atoms with van der Waals surface area (Å²) in [6.45, 7) is 9.70. The predicted molar refractivity (Wildman–Crippen MR) is 125 cm³/mol. The van der Waals surface area contributed by atoms with Gasteiger partial charge in [-0.3, -0.25) is 19.4 Å². The molecule has 32 heavy (non-hydrogen) atoms. The minimum absolute atomic E-state index is 0.0233. The molecule has 0 bridgehead atoms. The Morgan fingerprint density at radius 2 is 1.62 bits per heavy atom. The van der Waals surface area contributed by atoms with Crippen LogP contribution in [-0.4, -0.2) is 103 Å². The molecule has 1 aromatic rings. The Labute approximate surface area is 192 Å². The van der Waals surface area contributed by atoms with Gasteiger partial charge in [0.1, 0.15) is 5.75 Å². The van der Waals surface area contributed by atoms with Gasteiger partial charge in [0.15, 0.2) is 0 Å². The number of benzene rings is 1. The standard InChI is InChI=1S/C25H38N4O3/c1-2-3-19-32-23-10-5-4-9-22(23)25(31)29-13-11-26(12-14-29)20-24(30)28-17-15-27(16-18-28)21-7-6-8-21/h4-5,9-10,21H,2-3,6-8,11-20H2,1H3. The minimum Gasteiger partial charge on any atom is -0.493 e. The van der Waals surface area contributed by atoms with E-state index in [4.69, 9.17) is 4.74 Å². The van der Waals surface area contributed by atoms with E-state index in [1.165, 1.54) is 19.3 Å². The summed E-state index contributed by atoms with van der Waals surface area (Å²) in [6.07, 6.45) is 6.05. The van der Waals surface area contributed by atoms with Crippen LogP contribution in [0.2, 0.25) is 0 Å². The summed E-state index contributed by atoms with van der Waals surface area (Å²) < 4.78 is 5.85. The summed E-state index contributed by atoms with van der Waals surface area (Å²) >= 11 is 0. The molecule has 1 saturated carbocycles. The molecule has 0 aromatic heterocycles. The highest BCUT2D eigenvalue weighted by Gasteiger charge is 2.30. The Hall–Kier alpha value is -2.12. The number of nitrogens with zero attached hydrogens (tertiary/aromatic N) is 4. The fourth-order valence-corrected chi connectivity index (χ4v) is 4.75. The van der Waals surface area contributed by atoms with Crippen molar-refractivity contribution in [3.63, 3.8) is 0 Å². The van der Waals surface area contributed by atoms with Gasteiger partial charge in [-0.1, -0.05) is 31.9 Å². The van der Waals surface area contributed by atoms with Crippen LogP contribution >= 0.6 is 0 Å². The number of para-hydroxylation sites is 1. The van der Waals surface area contributed by atoms with Crippen LogP contribution in [0.25, 0.3) is 0 Å². The number of carbonyl (C=O) groups is 2. The van der Waals surface area contributed by atoms with Gasteiger partial charge in [0.05, 0.1) is 18.7 Å². The van der Waals surface area contributed by atoms with Crippen molar-refractivity contribution < 1.29 is 14.3 Å². The molecule has 0 spiro atoms. The zero-order chi connectivity index (χ0) is 22.3. The first-order chi connectivity index (χ1) is 15.7. The molecular weight excluding hydrogens is 404 g/mol. The zero-order valence-corrected chi connectivity index (χ0v) is 19.5. The second-order valence-corrected chi connectivity index (χ2v) is 9.27. The van der Waals surface area contributed by atoms with E-state index >= 15 is 0 Å². The molecule has 176 valence electrons. The lowest BCUT2D eigenvalue weighted by molar-refractivity contribution is -0.135. The third-order valence-corrected chi connectivity index (χ3v) is 7.15. The van der Waals surface area contributed by atoms with Gasteiger partial charge in [-0.2, -0.15) is 0 Å². The van der Waals surface area contributed by atoms with Gasteiger partial charge >= 0.3 is 0 Å². The van der Waals surface area contributed by atoms with E-state index < -0.39 is 0 Å². The Kier molecular flexibility index (Phi) is 8.03. The third kappa shape index (κ3) is 5.62. The Balaban J connectivity index is 1.22. The molecule has 0 unspecified atom stereocenters. The summed E-state index contributed by atoms with van der Waals surface area (Å²) in [4.78, 5) is 34.6. The third-order valence-electron chi connectivity index (χ3n) is 7.15. The number of rotatable bonds is 8. The fourth-order valence-electron chi connectivity index (χ4n) is 4.75. The van der Waals surface area contributed by atoms with Crippen LogP contribution in [0.15, 0.2) is 24.3 Å². The maximum absolute atomic E-state index is 13.1. The van der Waals surface area contributed by atoms with Gasteiger partial charge in [-0.15, -0.1) is 0 Å². The smallest absolute Gasteiger partial charge is 0.257 e. The molecule has 0 atom stereocenters. The van der Waals surface area contributed by atoms with Crippen LogP contribution in [0.4, 0.5) is 0 Å². The molecule has 2 amide bonds. The topological polar surface area (TPSA) is 56.3 Å². The quantitative estimate of drug-likeness (QED) is 0.579. The van der Waals surface area contributed by atoms with E-state index in [2.05, 4.69) is 16.7 Å². The summed E-state index contributed by atoms with van der Waals surface area (Å²) in [5.41, 5.74) is 0.637. The number of hydrogen-bond acceptors (Lipinski definition) is 5. The maximum atomic E-state index is 13.1. The second kappa shape index (κ2) is 11.1. The molecule has 2 heterocycles. The molecule has 0 N–H and O–H groups in total. The highest BCUT2D eigenvalue weighted by Crippen LogP contribution is 2.25. The van der Waals surface area contributed by atoms with E-state index in [1.54, 1.807) is 0 Å². The maximum Gasteiger partial charge on any atom is 0.257 e. The average molecular weight is 443 g/mol. The molecule has 4 rings (SSSR count). The Morgan fingerprint density at radius 1 is 0.938 bits per heavy atom. The molecule has 2 aliphatic heterocycles. The van der Waals surface area contributed by atoms with Crippen molar-refractivity contribution in [1.29, 1.82) is 0 Å². The fraction of sp³-hybridized carbons (Fsp3) is 0.680. The lowest BCUT2D eigenvalue weighted by Gasteiger charge is -2.43. The predicted octanol–water partition coefficient (Wildman–Crippen LogP) is 2.32. The SMILES string of the molecule is CCCCOc1ccccc1C(=O)N1CCN(CC(=O)N2CCN(C3CCC3)CC2)CC1. The average Bonchev–Trinajstić information content (AvgIpc) is 2.79. The van der Waals surface area contributed by atoms with Crippen LogP contribution < -0.4 is 4.74 Å². The molecular formula is C25H38N4O3. The van der Waals surface area contributed by atoms with E-state index in [-0.39, 0.29) is 11.8 Å². The van der Waals surface area contributed by atoms with Gasteiger partial charge in [0, 0.05) is 58.4 Å². The van der Waals surface area contributed by atoms with Gasteiger partial charge in [-0.05, 0) is 31.4 Å². The first-order valence-electron chi connectivity index (χ1n) is 12.4. The molecule has 3 aliphatic rings. The van der Waals surface area contributed by atoms with Crippen molar-refractivity contribution in [3.05, 3.63) is 29.8 Å². The summed E-state index contributed by atoms with van der Waals surface area (Å²) in [5, 5.41) is 0. The van der Waals surface area contributed by atoms with E-state index in [0.29, 0.717) is 37.6 Å².